The van der Waals surface area contributed by atoms with Crippen LogP contribution in [-0.4, -0.2) is 63.5 Å². The topological polar surface area (TPSA) is 160 Å². The molecule has 0 unspecified atom stereocenters. The molecule has 292 valence electrons. The van der Waals surface area contributed by atoms with Gasteiger partial charge in [0.05, 0.1) is 18.8 Å². The molecule has 0 saturated carbocycles. The lowest BCUT2D eigenvalue weighted by atomic mass is 10.0. The third kappa shape index (κ3) is 37.0. The molecule has 11 heteroatoms. The van der Waals surface area contributed by atoms with E-state index in [0.717, 1.165) is 25.7 Å². The molecule has 0 bridgehead atoms. The molecule has 0 aliphatic rings. The molecule has 0 aromatic carbocycles. The second-order valence-corrected chi connectivity index (χ2v) is 13.8. The van der Waals surface area contributed by atoms with Crippen molar-refractivity contribution in [3.05, 3.63) is 72.9 Å². The highest BCUT2D eigenvalue weighted by Crippen LogP contribution is 2.36. The van der Waals surface area contributed by atoms with E-state index in [4.69, 9.17) is 19.3 Å². The first kappa shape index (κ1) is 48.4. The Labute approximate surface area is 307 Å². The van der Waals surface area contributed by atoms with Gasteiger partial charge in [-0.25, -0.2) is 4.57 Å². The van der Waals surface area contributed by atoms with Crippen LogP contribution >= 0.6 is 7.82 Å². The predicted molar refractivity (Wildman–Crippen MR) is 205 cm³/mol. The first-order valence-corrected chi connectivity index (χ1v) is 20.5. The van der Waals surface area contributed by atoms with Crippen molar-refractivity contribution in [3.63, 3.8) is 0 Å². The van der Waals surface area contributed by atoms with Crippen molar-refractivity contribution in [2.24, 2.45) is 0 Å². The van der Waals surface area contributed by atoms with Gasteiger partial charge in [0.1, 0.15) is 6.61 Å². The van der Waals surface area contributed by atoms with Crippen LogP contribution in [0.25, 0.3) is 0 Å². The molecular weight excluding hydrogens is 671 g/mol. The maximum atomic E-state index is 12.3. The minimum Gasteiger partial charge on any atom is -0.462 e. The van der Waals surface area contributed by atoms with Crippen LogP contribution in [0.3, 0.4) is 0 Å². The normalized spacial score (nSPS) is 14.5. The van der Waals surface area contributed by atoms with Gasteiger partial charge in [0, 0.05) is 12.8 Å². The maximum Gasteiger partial charge on any atom is 0.469 e. The number of hydrogen-bond donors (Lipinski definition) is 4. The number of phosphoric ester groups is 1. The zero-order valence-electron chi connectivity index (χ0n) is 31.2. The molecule has 0 aromatic rings. The second-order valence-electron chi connectivity index (χ2n) is 12.6. The predicted octanol–water partition coefficient (Wildman–Crippen LogP) is 9.06. The third-order valence-electron chi connectivity index (χ3n) is 7.66. The van der Waals surface area contributed by atoms with Crippen LogP contribution in [0.5, 0.6) is 0 Å². The number of rotatable bonds is 33. The standard InChI is InChI=1S/C40H67O10P/c1-3-5-7-8-9-10-11-12-13-17-20-26-33-40(44)50-38(35-49-51(45,46)47)34-48-39(43)32-27-21-25-31-37(42)30-24-19-16-14-15-18-23-29-36(41)28-22-6-4-2/h6,15-16,18-19,22-25,29-31,36-38,41-42H,3-5,7-14,17,20-21,26-28,32-35H2,1-2H3,(H2,45,46,47)/b18-15-,19-16-,22-6-,29-23+,30-24+,31-25-/t36-,37-,38-/m1/s1. The quantitative estimate of drug-likeness (QED) is 0.0168. The van der Waals surface area contributed by atoms with Crippen LogP contribution in [0.4, 0.5) is 0 Å². The van der Waals surface area contributed by atoms with Gasteiger partial charge in [-0.05, 0) is 38.5 Å². The van der Waals surface area contributed by atoms with Gasteiger partial charge in [0.15, 0.2) is 6.10 Å². The van der Waals surface area contributed by atoms with Gasteiger partial charge in [0.25, 0.3) is 0 Å². The Hall–Kier alpha value is -2.59. The van der Waals surface area contributed by atoms with E-state index in [1.54, 1.807) is 30.4 Å². The number of esters is 2. The van der Waals surface area contributed by atoms with E-state index < -0.39 is 44.7 Å². The van der Waals surface area contributed by atoms with Crippen molar-refractivity contribution in [1.29, 1.82) is 0 Å². The fourth-order valence-corrected chi connectivity index (χ4v) is 5.18. The number of hydrogen-bond acceptors (Lipinski definition) is 8. The Kier molecular flexibility index (Phi) is 32.7. The largest absolute Gasteiger partial charge is 0.469 e. The van der Waals surface area contributed by atoms with Crippen molar-refractivity contribution >= 4 is 19.8 Å². The molecule has 0 aliphatic heterocycles. The maximum absolute atomic E-state index is 12.3. The van der Waals surface area contributed by atoms with Crippen LogP contribution in [0.1, 0.15) is 136 Å². The minimum atomic E-state index is -4.80. The van der Waals surface area contributed by atoms with E-state index in [2.05, 4.69) is 18.4 Å². The van der Waals surface area contributed by atoms with Crippen LogP contribution in [-0.2, 0) is 28.2 Å². The van der Waals surface area contributed by atoms with Gasteiger partial charge in [-0.2, -0.15) is 0 Å². The molecular formula is C40H67O10P. The minimum absolute atomic E-state index is 0.0788. The first-order valence-electron chi connectivity index (χ1n) is 19.0. The average Bonchev–Trinajstić information content (AvgIpc) is 3.08. The number of ether oxygens (including phenoxy) is 2. The van der Waals surface area contributed by atoms with Crippen molar-refractivity contribution in [2.75, 3.05) is 13.2 Å². The van der Waals surface area contributed by atoms with E-state index in [0.29, 0.717) is 32.1 Å². The number of aliphatic hydroxyl groups is 2. The molecule has 4 N–H and O–H groups in total. The van der Waals surface area contributed by atoms with Gasteiger partial charge >= 0.3 is 19.8 Å². The third-order valence-corrected chi connectivity index (χ3v) is 8.15. The zero-order chi connectivity index (χ0) is 37.8. The van der Waals surface area contributed by atoms with Crippen LogP contribution in [0.2, 0.25) is 0 Å². The molecule has 0 fully saturated rings. The fourth-order valence-electron chi connectivity index (χ4n) is 4.82. The molecule has 0 aromatic heterocycles. The summed E-state index contributed by atoms with van der Waals surface area (Å²) >= 11 is 0. The highest BCUT2D eigenvalue weighted by atomic mass is 31.2. The molecule has 0 saturated heterocycles. The molecule has 0 rings (SSSR count). The average molecular weight is 739 g/mol. The van der Waals surface area contributed by atoms with Gasteiger partial charge in [-0.3, -0.25) is 14.1 Å². The lowest BCUT2D eigenvalue weighted by molar-refractivity contribution is -0.161. The highest BCUT2D eigenvalue weighted by Gasteiger charge is 2.22. The van der Waals surface area contributed by atoms with Gasteiger partial charge < -0.3 is 29.5 Å². The van der Waals surface area contributed by atoms with Gasteiger partial charge in [-0.15, -0.1) is 0 Å². The summed E-state index contributed by atoms with van der Waals surface area (Å²) in [5.74, 6) is -1.07. The Bertz CT molecular complexity index is 1090. The Morgan fingerprint density at radius 3 is 1.84 bits per heavy atom. The lowest BCUT2D eigenvalue weighted by Gasteiger charge is -2.18. The van der Waals surface area contributed by atoms with E-state index >= 15 is 0 Å². The molecule has 0 heterocycles. The summed E-state index contributed by atoms with van der Waals surface area (Å²) in [6, 6.07) is 0. The van der Waals surface area contributed by atoms with Crippen molar-refractivity contribution < 1.29 is 48.2 Å². The number of aliphatic hydroxyl groups excluding tert-OH is 2. The van der Waals surface area contributed by atoms with Crippen molar-refractivity contribution in [2.45, 2.75) is 154 Å². The number of allylic oxidation sites excluding steroid dienone is 8. The monoisotopic (exact) mass is 738 g/mol. The Morgan fingerprint density at radius 1 is 0.647 bits per heavy atom. The second kappa shape index (κ2) is 34.5. The van der Waals surface area contributed by atoms with Gasteiger partial charge in [-0.1, -0.05) is 157 Å². The molecule has 0 spiro atoms. The Balaban J connectivity index is 4.25. The van der Waals surface area contributed by atoms with Gasteiger partial charge in [0.2, 0.25) is 0 Å². The SMILES string of the molecule is CC/C=C\C[C@@H](O)/C=C/C=C\C/C=C\C=C\[C@@H](O)/C=C\CCCC(=O)OC[C@H](COP(=O)(O)O)OC(=O)CCCCCCCCCCCCCC. The van der Waals surface area contributed by atoms with E-state index in [9.17, 15) is 24.4 Å². The summed E-state index contributed by atoms with van der Waals surface area (Å²) in [6.45, 7) is 3.30. The summed E-state index contributed by atoms with van der Waals surface area (Å²) in [5.41, 5.74) is 0. The van der Waals surface area contributed by atoms with E-state index in [1.165, 1.54) is 51.4 Å². The van der Waals surface area contributed by atoms with Crippen LogP contribution in [0, 0.1) is 0 Å². The molecule has 10 nitrogen and oxygen atoms in total. The summed E-state index contributed by atoms with van der Waals surface area (Å²) in [6.07, 6.45) is 37.0. The van der Waals surface area contributed by atoms with Crippen molar-refractivity contribution in [3.8, 4) is 0 Å². The van der Waals surface area contributed by atoms with Crippen LogP contribution < -0.4 is 0 Å². The highest BCUT2D eigenvalue weighted by molar-refractivity contribution is 7.46. The number of unbranched alkanes of at least 4 members (excludes halogenated alkanes) is 12. The molecule has 0 amide bonds. The summed E-state index contributed by atoms with van der Waals surface area (Å²) in [4.78, 5) is 42.7. The number of carbonyl (C=O) groups is 2. The van der Waals surface area contributed by atoms with Crippen LogP contribution in [0.15, 0.2) is 72.9 Å². The fraction of sp³-hybridized carbons (Fsp3) is 0.650. The summed E-state index contributed by atoms with van der Waals surface area (Å²) in [7, 11) is -4.80. The van der Waals surface area contributed by atoms with Crippen molar-refractivity contribution in [1.82, 2.24) is 0 Å². The smallest absolute Gasteiger partial charge is 0.462 e. The Morgan fingerprint density at radius 2 is 1.24 bits per heavy atom. The molecule has 51 heavy (non-hydrogen) atoms. The number of carbonyl (C=O) groups excluding carboxylic acids is 2. The van der Waals surface area contributed by atoms with E-state index in [-0.39, 0.29) is 19.4 Å². The first-order chi connectivity index (χ1) is 24.6. The lowest BCUT2D eigenvalue weighted by Crippen LogP contribution is -2.29. The summed E-state index contributed by atoms with van der Waals surface area (Å²) in [5, 5.41) is 19.9. The summed E-state index contributed by atoms with van der Waals surface area (Å²) < 4.78 is 26.2. The molecule has 3 atom stereocenters. The molecule has 0 radical (unpaired) electrons. The zero-order valence-corrected chi connectivity index (χ0v) is 32.1. The van der Waals surface area contributed by atoms with E-state index in [1.807, 2.05) is 42.5 Å². The molecule has 0 aliphatic carbocycles. The number of phosphoric acid groups is 1.